The zero-order valence-electron chi connectivity index (χ0n) is 15.3. The molecular formula is C20H15ClF2N4O3. The van der Waals surface area contributed by atoms with Gasteiger partial charge in [-0.25, -0.2) is 8.78 Å². The molecule has 0 spiro atoms. The largest absolute Gasteiger partial charge is 0.484 e. The number of amides is 1. The Labute approximate surface area is 174 Å². The molecule has 5 N–H and O–H groups in total. The van der Waals surface area contributed by atoms with Crippen molar-refractivity contribution in [2.45, 2.75) is 0 Å². The van der Waals surface area contributed by atoms with Crippen molar-refractivity contribution in [1.82, 2.24) is 4.98 Å². The molecule has 1 aromatic heterocycles. The highest BCUT2D eigenvalue weighted by molar-refractivity contribution is 6.34. The minimum Gasteiger partial charge on any atom is -0.484 e. The van der Waals surface area contributed by atoms with Crippen molar-refractivity contribution in [3.05, 3.63) is 86.8 Å². The highest BCUT2D eigenvalue weighted by atomic mass is 35.5. The molecule has 1 amide bonds. The quantitative estimate of drug-likeness (QED) is 0.428. The van der Waals surface area contributed by atoms with E-state index in [1.807, 2.05) is 0 Å². The molecule has 0 aliphatic carbocycles. The van der Waals surface area contributed by atoms with Crippen molar-refractivity contribution in [3.63, 3.8) is 0 Å². The number of carbonyl (C=O) groups is 1. The van der Waals surface area contributed by atoms with Crippen LogP contribution in [0.3, 0.4) is 0 Å². The number of rotatable bonds is 7. The van der Waals surface area contributed by atoms with Crippen molar-refractivity contribution in [1.29, 1.82) is 5.41 Å². The molecule has 1 heterocycles. The van der Waals surface area contributed by atoms with Crippen molar-refractivity contribution in [2.24, 2.45) is 5.73 Å². The summed E-state index contributed by atoms with van der Waals surface area (Å²) in [5, 5.41) is 10.9. The van der Waals surface area contributed by atoms with Gasteiger partial charge in [-0.15, -0.1) is 0 Å². The summed E-state index contributed by atoms with van der Waals surface area (Å²) in [7, 11) is 0. The van der Waals surface area contributed by atoms with Gasteiger partial charge in [0.05, 0.1) is 22.0 Å². The number of carbonyl (C=O) groups excluding carboxylic acids is 1. The first-order chi connectivity index (χ1) is 14.3. The monoisotopic (exact) mass is 432 g/mol. The van der Waals surface area contributed by atoms with Crippen LogP contribution >= 0.6 is 11.6 Å². The third-order valence-corrected chi connectivity index (χ3v) is 4.33. The highest BCUT2D eigenvalue weighted by Gasteiger charge is 2.20. The average Bonchev–Trinajstić information content (AvgIpc) is 2.71. The van der Waals surface area contributed by atoms with Gasteiger partial charge < -0.3 is 20.8 Å². The fourth-order valence-corrected chi connectivity index (χ4v) is 2.82. The summed E-state index contributed by atoms with van der Waals surface area (Å²) in [4.78, 5) is 25.6. The number of aromatic amines is 1. The van der Waals surface area contributed by atoms with Crippen molar-refractivity contribution < 1.29 is 18.3 Å². The van der Waals surface area contributed by atoms with E-state index in [9.17, 15) is 18.4 Å². The number of pyridine rings is 1. The molecule has 0 aliphatic rings. The lowest BCUT2D eigenvalue weighted by Crippen LogP contribution is -2.21. The number of H-pyrrole nitrogens is 1. The number of ether oxygens (including phenoxy) is 1. The van der Waals surface area contributed by atoms with Gasteiger partial charge >= 0.3 is 0 Å². The molecule has 3 rings (SSSR count). The molecule has 0 saturated heterocycles. The summed E-state index contributed by atoms with van der Waals surface area (Å²) >= 11 is 6.15. The number of halogens is 3. The summed E-state index contributed by atoms with van der Waals surface area (Å²) in [5.41, 5.74) is 3.54. The molecule has 154 valence electrons. The second-order valence-electron chi connectivity index (χ2n) is 6.09. The van der Waals surface area contributed by atoms with E-state index in [0.717, 1.165) is 18.3 Å². The van der Waals surface area contributed by atoms with E-state index in [0.29, 0.717) is 11.3 Å². The number of nitrogens with one attached hydrogen (secondary N) is 3. The van der Waals surface area contributed by atoms with E-state index in [-0.39, 0.29) is 28.6 Å². The number of anilines is 2. The number of para-hydroxylation sites is 1. The van der Waals surface area contributed by atoms with Gasteiger partial charge in [0.2, 0.25) is 0 Å². The fraction of sp³-hybridized carbons (Fsp3) is 0.0500. The number of hydrogen-bond donors (Lipinski definition) is 4. The lowest BCUT2D eigenvalue weighted by atomic mass is 10.0. The van der Waals surface area contributed by atoms with Gasteiger partial charge in [-0.05, 0) is 36.4 Å². The molecule has 0 saturated carbocycles. The summed E-state index contributed by atoms with van der Waals surface area (Å²) in [6, 6.07) is 9.20. The zero-order valence-corrected chi connectivity index (χ0v) is 16.0. The molecule has 0 atom stereocenters. The summed E-state index contributed by atoms with van der Waals surface area (Å²) < 4.78 is 33.3. The van der Waals surface area contributed by atoms with Crippen LogP contribution in [0.1, 0.15) is 11.1 Å². The van der Waals surface area contributed by atoms with Gasteiger partial charge in [-0.1, -0.05) is 17.7 Å². The van der Waals surface area contributed by atoms with E-state index in [1.165, 1.54) is 30.3 Å². The first-order valence-electron chi connectivity index (χ1n) is 8.50. The Bertz CT molecular complexity index is 1160. The lowest BCUT2D eigenvalue weighted by molar-refractivity contribution is -0.119. The number of benzene rings is 2. The van der Waals surface area contributed by atoms with Crippen LogP contribution in [0.2, 0.25) is 5.02 Å². The van der Waals surface area contributed by atoms with Crippen LogP contribution in [0.25, 0.3) is 0 Å². The van der Waals surface area contributed by atoms with E-state index >= 15 is 0 Å². The van der Waals surface area contributed by atoms with Gasteiger partial charge in [0.15, 0.2) is 6.61 Å². The molecule has 0 fully saturated rings. The summed E-state index contributed by atoms with van der Waals surface area (Å²) in [6.45, 7) is -0.312. The third-order valence-electron chi connectivity index (χ3n) is 4.03. The summed E-state index contributed by atoms with van der Waals surface area (Å²) in [6.07, 6.45) is 1.16. The van der Waals surface area contributed by atoms with Crippen LogP contribution in [0.15, 0.2) is 53.5 Å². The molecular weight excluding hydrogens is 418 g/mol. The molecule has 7 nitrogen and oxygen atoms in total. The van der Waals surface area contributed by atoms with Crippen LogP contribution in [0, 0.1) is 17.0 Å². The van der Waals surface area contributed by atoms with Crippen LogP contribution in [-0.4, -0.2) is 23.2 Å². The lowest BCUT2D eigenvalue weighted by Gasteiger charge is -2.15. The van der Waals surface area contributed by atoms with Crippen LogP contribution < -0.4 is 21.3 Å². The Morgan fingerprint density at radius 1 is 1.13 bits per heavy atom. The predicted octanol–water partition coefficient (Wildman–Crippen LogP) is 3.33. The second-order valence-corrected chi connectivity index (χ2v) is 6.50. The molecule has 3 aromatic rings. The first-order valence-corrected chi connectivity index (χ1v) is 8.88. The molecule has 2 aromatic carbocycles. The topological polar surface area (TPSA) is 121 Å². The van der Waals surface area contributed by atoms with Gasteiger partial charge in [0.1, 0.15) is 23.1 Å². The normalized spacial score (nSPS) is 10.5. The Kier molecular flexibility index (Phi) is 6.12. The van der Waals surface area contributed by atoms with Gasteiger partial charge in [0.25, 0.3) is 11.5 Å². The van der Waals surface area contributed by atoms with Crippen LogP contribution in [0.5, 0.6) is 5.75 Å². The number of nitrogens with two attached hydrogens (primary N) is 1. The van der Waals surface area contributed by atoms with Gasteiger partial charge in [-0.3, -0.25) is 15.0 Å². The maximum Gasteiger partial charge on any atom is 0.259 e. The minimum absolute atomic E-state index is 0.0431. The van der Waals surface area contributed by atoms with Crippen LogP contribution in [-0.2, 0) is 4.79 Å². The van der Waals surface area contributed by atoms with Crippen LogP contribution in [0.4, 0.5) is 20.2 Å². The van der Waals surface area contributed by atoms with Gasteiger partial charge in [-0.2, -0.15) is 0 Å². The van der Waals surface area contributed by atoms with E-state index in [1.54, 1.807) is 0 Å². The number of aromatic nitrogens is 1. The average molecular weight is 433 g/mol. The van der Waals surface area contributed by atoms with E-state index in [4.69, 9.17) is 27.5 Å². The smallest absolute Gasteiger partial charge is 0.259 e. The highest BCUT2D eigenvalue weighted by Crippen LogP contribution is 2.31. The molecule has 0 unspecified atom stereocenters. The van der Waals surface area contributed by atoms with E-state index < -0.39 is 28.8 Å². The zero-order chi connectivity index (χ0) is 21.8. The molecule has 0 aliphatic heterocycles. The van der Waals surface area contributed by atoms with Crippen molar-refractivity contribution >= 4 is 34.6 Å². The SMILES string of the molecule is N=C(c1ccc(OCC(N)=O)cc1)c1c(Nc2c(F)cccc2F)c(Cl)c[nH]c1=O. The number of primary amides is 1. The predicted molar refractivity (Wildman–Crippen MR) is 109 cm³/mol. The molecule has 0 radical (unpaired) electrons. The maximum atomic E-state index is 14.1. The Balaban J connectivity index is 1.99. The van der Waals surface area contributed by atoms with E-state index in [2.05, 4.69) is 10.3 Å². The minimum atomic E-state index is -0.889. The van der Waals surface area contributed by atoms with Crippen molar-refractivity contribution in [2.75, 3.05) is 11.9 Å². The Morgan fingerprint density at radius 3 is 2.37 bits per heavy atom. The fourth-order valence-electron chi connectivity index (χ4n) is 2.63. The maximum absolute atomic E-state index is 14.1. The number of hydrogen-bond acceptors (Lipinski definition) is 5. The standard InChI is InChI=1S/C20H15ClF2N4O3/c21-12-8-26-20(29)16(18(12)27-19-13(22)2-1-3-14(19)23)17(25)10-4-6-11(7-5-10)30-9-15(24)28/h1-8,25H,9H2,(H2,24,28)(H2,26,27,29). The molecule has 0 bridgehead atoms. The Hall–Kier alpha value is -3.72. The third kappa shape index (κ3) is 4.47. The Morgan fingerprint density at radius 2 is 1.77 bits per heavy atom. The van der Waals surface area contributed by atoms with Gasteiger partial charge in [0, 0.05) is 11.8 Å². The molecule has 10 heteroatoms. The van der Waals surface area contributed by atoms with Crippen molar-refractivity contribution in [3.8, 4) is 5.75 Å². The second kappa shape index (κ2) is 8.75. The molecule has 30 heavy (non-hydrogen) atoms. The summed E-state index contributed by atoms with van der Waals surface area (Å²) in [5.74, 6) is -2.09. The first kappa shape index (κ1) is 21.0.